The molecule has 3 rings (SSSR count). The zero-order valence-electron chi connectivity index (χ0n) is 15.3. The fourth-order valence-corrected chi connectivity index (χ4v) is 3.09. The summed E-state index contributed by atoms with van der Waals surface area (Å²) >= 11 is 1.50. The molecule has 9 heteroatoms. The van der Waals surface area contributed by atoms with Gasteiger partial charge < -0.3 is 10.5 Å². The van der Waals surface area contributed by atoms with Gasteiger partial charge in [-0.2, -0.15) is 0 Å². The molecule has 0 fully saturated rings. The molecule has 0 unspecified atom stereocenters. The lowest BCUT2D eigenvalue weighted by Crippen LogP contribution is -2.73. The largest absolute Gasteiger partial charge is 0.494 e. The van der Waals surface area contributed by atoms with Crippen molar-refractivity contribution in [3.05, 3.63) is 70.8 Å². The topological polar surface area (TPSA) is 120 Å². The molecule has 0 amide bonds. The van der Waals surface area contributed by atoms with Crippen molar-refractivity contribution in [1.82, 2.24) is 15.0 Å². The first kappa shape index (κ1) is 19.4. The maximum atomic E-state index is 11.9. The van der Waals surface area contributed by atoms with E-state index in [-0.39, 0.29) is 17.5 Å². The molecule has 0 aliphatic rings. The lowest BCUT2D eigenvalue weighted by atomic mass is 10.3. The summed E-state index contributed by atoms with van der Waals surface area (Å²) in [6.45, 7) is 2.54. The molecule has 0 aliphatic carbocycles. The molecule has 0 saturated carbocycles. The van der Waals surface area contributed by atoms with Crippen LogP contribution in [0.4, 0.5) is 11.6 Å². The number of nitrogens with zero attached hydrogens (tertiary/aromatic N) is 2. The Morgan fingerprint density at radius 1 is 1.29 bits per heavy atom. The van der Waals surface area contributed by atoms with Crippen LogP contribution in [0.15, 0.2) is 64.5 Å². The number of H-pyrrole nitrogens is 1. The van der Waals surface area contributed by atoms with E-state index >= 15 is 0 Å². The van der Waals surface area contributed by atoms with E-state index in [1.807, 2.05) is 49.4 Å². The average molecular weight is 397 g/mol. The predicted octanol–water partition coefficient (Wildman–Crippen LogP) is 0.995. The Hall–Kier alpha value is -3.33. The maximum absolute atomic E-state index is 11.9. The highest BCUT2D eigenvalue weighted by atomic mass is 32.2. The zero-order valence-corrected chi connectivity index (χ0v) is 16.1. The smallest absolute Gasteiger partial charge is 0.325 e. The summed E-state index contributed by atoms with van der Waals surface area (Å²) in [7, 11) is 0. The van der Waals surface area contributed by atoms with Gasteiger partial charge in [0.05, 0.1) is 23.1 Å². The number of nitrogens with two attached hydrogens (primary N) is 1. The van der Waals surface area contributed by atoms with E-state index in [4.69, 9.17) is 10.5 Å². The zero-order chi connectivity index (χ0) is 19.8. The van der Waals surface area contributed by atoms with Crippen LogP contribution in [-0.4, -0.2) is 27.5 Å². The van der Waals surface area contributed by atoms with Crippen LogP contribution in [0.3, 0.4) is 0 Å². The first-order valence-electron chi connectivity index (χ1n) is 8.66. The highest BCUT2D eigenvalue weighted by Gasteiger charge is 2.08. The minimum absolute atomic E-state index is 0.238. The molecule has 0 bridgehead atoms. The molecular weight excluding hydrogens is 376 g/mol. The van der Waals surface area contributed by atoms with Crippen LogP contribution < -0.4 is 26.3 Å². The third-order valence-electron chi connectivity index (χ3n) is 3.50. The van der Waals surface area contributed by atoms with Crippen molar-refractivity contribution in [3.8, 4) is 5.75 Å². The summed E-state index contributed by atoms with van der Waals surface area (Å²) in [4.78, 5) is 26.0. The van der Waals surface area contributed by atoms with Crippen molar-refractivity contribution < 1.29 is 9.73 Å². The fraction of sp³-hybridized carbons (Fsp3) is 0.158. The highest BCUT2D eigenvalue weighted by molar-refractivity contribution is 7.98. The van der Waals surface area contributed by atoms with E-state index in [0.717, 1.165) is 16.5 Å². The molecular formula is C19H21N6O2S+. The Kier molecular flexibility index (Phi) is 6.64. The van der Waals surface area contributed by atoms with E-state index < -0.39 is 0 Å². The lowest BCUT2D eigenvalue weighted by molar-refractivity contribution is -0.365. The number of hydrogen-bond donors (Lipinski definition) is 4. The Labute approximate surface area is 166 Å². The molecule has 8 nitrogen and oxygen atoms in total. The molecule has 0 spiro atoms. The Balaban J connectivity index is 1.68. The predicted molar refractivity (Wildman–Crippen MR) is 110 cm³/mol. The number of anilines is 1. The van der Waals surface area contributed by atoms with Gasteiger partial charge >= 0.3 is 5.95 Å². The summed E-state index contributed by atoms with van der Waals surface area (Å²) in [6.07, 6.45) is 1.72. The van der Waals surface area contributed by atoms with Gasteiger partial charge in [-0.3, -0.25) is 10.1 Å². The van der Waals surface area contributed by atoms with Crippen LogP contribution in [0, 0.1) is 0 Å². The molecule has 0 atom stereocenters. The fourth-order valence-electron chi connectivity index (χ4n) is 2.34. The number of nitrogens with one attached hydrogen (secondary N) is 3. The molecule has 5 N–H and O–H groups in total. The second-order valence-electron chi connectivity index (χ2n) is 5.66. The van der Waals surface area contributed by atoms with Gasteiger partial charge in [-0.1, -0.05) is 17.8 Å². The normalized spacial score (nSPS) is 11.2. The monoisotopic (exact) mass is 397 g/mol. The minimum atomic E-state index is -0.261. The van der Waals surface area contributed by atoms with E-state index in [9.17, 15) is 4.79 Å². The molecule has 0 saturated heterocycles. The van der Waals surface area contributed by atoms with Crippen molar-refractivity contribution in [3.63, 3.8) is 0 Å². The number of hydrogen-bond acceptors (Lipinski definition) is 5. The molecule has 3 aromatic rings. The van der Waals surface area contributed by atoms with E-state index in [1.165, 1.54) is 17.8 Å². The van der Waals surface area contributed by atoms with Gasteiger partial charge in [-0.25, -0.2) is 15.0 Å². The number of benzene rings is 1. The number of rotatable bonds is 7. The number of pyridine rings is 1. The molecule has 2 heterocycles. The first-order valence-corrected chi connectivity index (χ1v) is 9.64. The third-order valence-corrected chi connectivity index (χ3v) is 4.48. The van der Waals surface area contributed by atoms with Gasteiger partial charge in [0.25, 0.3) is 11.5 Å². The van der Waals surface area contributed by atoms with Gasteiger partial charge in [0, 0.05) is 12.3 Å². The van der Waals surface area contributed by atoms with E-state index in [0.29, 0.717) is 18.1 Å². The number of guanidine groups is 1. The number of aromatic nitrogens is 3. The number of thioether (sulfide) groups is 1. The summed E-state index contributed by atoms with van der Waals surface area (Å²) in [5, 5.41) is 3.87. The first-order chi connectivity index (χ1) is 13.6. The third kappa shape index (κ3) is 5.85. The van der Waals surface area contributed by atoms with Crippen LogP contribution in [0.2, 0.25) is 0 Å². The minimum Gasteiger partial charge on any atom is -0.494 e. The van der Waals surface area contributed by atoms with Crippen LogP contribution in [0.25, 0.3) is 0 Å². The van der Waals surface area contributed by atoms with Gasteiger partial charge in [0.2, 0.25) is 0 Å². The standard InChI is InChI=1S/C19H20N6O2S/c1-2-27-15-8-6-13(7-9-15)22-18(20)25-19-23-14(11-16(26)24-19)12-28-17-5-3-4-10-21-17/h3-11H,2,12H2,1H3,(H4,20,22,23,24,25,26)/p+1. The quantitative estimate of drug-likeness (QED) is 0.267. The van der Waals surface area contributed by atoms with Crippen molar-refractivity contribution in [2.24, 2.45) is 5.73 Å². The van der Waals surface area contributed by atoms with Gasteiger partial charge in [-0.05, 0) is 43.3 Å². The molecule has 1 aromatic carbocycles. The van der Waals surface area contributed by atoms with Gasteiger partial charge in [-0.15, -0.1) is 4.98 Å². The molecule has 28 heavy (non-hydrogen) atoms. The number of ether oxygens (including phenoxy) is 1. The van der Waals surface area contributed by atoms with E-state index in [2.05, 4.69) is 25.3 Å². The lowest BCUT2D eigenvalue weighted by Gasteiger charge is -2.05. The molecule has 0 aliphatic heterocycles. The summed E-state index contributed by atoms with van der Waals surface area (Å²) in [5.41, 5.74) is 7.12. The Bertz CT molecular complexity index is 989. The second-order valence-corrected chi connectivity index (χ2v) is 6.66. The van der Waals surface area contributed by atoms with Crippen LogP contribution in [0.1, 0.15) is 12.6 Å². The SMILES string of the molecule is CCOc1ccc(NC(N)=[NH+]c2nc(CSc3ccccn3)cc(=O)[nH]2)cc1. The van der Waals surface area contributed by atoms with Crippen LogP contribution in [0.5, 0.6) is 5.75 Å². The van der Waals surface area contributed by atoms with Gasteiger partial charge in [0.15, 0.2) is 0 Å². The van der Waals surface area contributed by atoms with E-state index in [1.54, 1.807) is 6.20 Å². The Morgan fingerprint density at radius 3 is 2.82 bits per heavy atom. The van der Waals surface area contributed by atoms with Gasteiger partial charge in [0.1, 0.15) is 11.4 Å². The van der Waals surface area contributed by atoms with Crippen molar-refractivity contribution in [2.45, 2.75) is 17.7 Å². The number of aromatic amines is 1. The van der Waals surface area contributed by atoms with Crippen LogP contribution in [-0.2, 0) is 5.75 Å². The summed E-state index contributed by atoms with van der Waals surface area (Å²) < 4.78 is 5.41. The second kappa shape index (κ2) is 9.56. The molecule has 0 radical (unpaired) electrons. The van der Waals surface area contributed by atoms with Crippen molar-refractivity contribution in [2.75, 3.05) is 11.9 Å². The average Bonchev–Trinajstić information content (AvgIpc) is 2.68. The van der Waals surface area contributed by atoms with Crippen LogP contribution >= 0.6 is 11.8 Å². The Morgan fingerprint density at radius 2 is 2.11 bits per heavy atom. The molecule has 2 aromatic heterocycles. The maximum Gasteiger partial charge on any atom is 0.325 e. The van der Waals surface area contributed by atoms with Crippen molar-refractivity contribution in [1.29, 1.82) is 0 Å². The van der Waals surface area contributed by atoms with Crippen molar-refractivity contribution >= 4 is 29.4 Å². The molecule has 144 valence electrons. The summed E-state index contributed by atoms with van der Waals surface area (Å²) in [6, 6.07) is 14.5. The summed E-state index contributed by atoms with van der Waals surface area (Å²) in [5.74, 6) is 1.80. The highest BCUT2D eigenvalue weighted by Crippen LogP contribution is 2.18.